The second-order valence-corrected chi connectivity index (χ2v) is 6.36. The minimum atomic E-state index is -0.268. The molecule has 4 rings (SSSR count). The SMILES string of the molecule is CCc1ccccc1NCC(=O)N1N=C(c2ccco2)CC1c1ccco1. The summed E-state index contributed by atoms with van der Waals surface area (Å²) in [6, 6.07) is 15.1. The molecule has 1 aliphatic rings. The molecule has 1 aromatic carbocycles. The molecule has 0 saturated carbocycles. The highest BCUT2D eigenvalue weighted by Crippen LogP contribution is 2.33. The maximum absolute atomic E-state index is 12.9. The van der Waals surface area contributed by atoms with Crippen molar-refractivity contribution in [2.75, 3.05) is 11.9 Å². The van der Waals surface area contributed by atoms with Gasteiger partial charge in [-0.1, -0.05) is 25.1 Å². The summed E-state index contributed by atoms with van der Waals surface area (Å²) < 4.78 is 11.0. The van der Waals surface area contributed by atoms with Gasteiger partial charge >= 0.3 is 0 Å². The summed E-state index contributed by atoms with van der Waals surface area (Å²) in [5.41, 5.74) is 2.88. The number of anilines is 1. The molecule has 6 nitrogen and oxygen atoms in total. The van der Waals surface area contributed by atoms with Gasteiger partial charge in [0.25, 0.3) is 5.91 Å². The van der Waals surface area contributed by atoms with Crippen LogP contribution in [0.4, 0.5) is 5.69 Å². The van der Waals surface area contributed by atoms with Crippen molar-refractivity contribution in [3.8, 4) is 0 Å². The van der Waals surface area contributed by atoms with Crippen molar-refractivity contribution in [3.63, 3.8) is 0 Å². The van der Waals surface area contributed by atoms with Gasteiger partial charge in [-0.15, -0.1) is 0 Å². The quantitative estimate of drug-likeness (QED) is 0.712. The van der Waals surface area contributed by atoms with Crippen LogP contribution in [-0.4, -0.2) is 23.2 Å². The smallest absolute Gasteiger partial charge is 0.262 e. The average Bonchev–Trinajstić information content (AvgIpc) is 3.46. The summed E-state index contributed by atoms with van der Waals surface area (Å²) in [7, 11) is 0. The zero-order valence-electron chi connectivity index (χ0n) is 15.1. The molecular formula is C21H21N3O3. The van der Waals surface area contributed by atoms with Crippen molar-refractivity contribution in [1.29, 1.82) is 0 Å². The van der Waals surface area contributed by atoms with Crippen molar-refractivity contribution >= 4 is 17.3 Å². The molecule has 1 atom stereocenters. The van der Waals surface area contributed by atoms with Crippen molar-refractivity contribution in [3.05, 3.63) is 78.1 Å². The fourth-order valence-corrected chi connectivity index (χ4v) is 3.29. The maximum Gasteiger partial charge on any atom is 0.262 e. The number of benzene rings is 1. The van der Waals surface area contributed by atoms with Gasteiger partial charge in [0.05, 0.1) is 19.1 Å². The molecule has 3 heterocycles. The molecule has 3 aromatic rings. The summed E-state index contributed by atoms with van der Waals surface area (Å²) in [6.45, 7) is 2.25. The third-order valence-electron chi connectivity index (χ3n) is 4.67. The van der Waals surface area contributed by atoms with E-state index in [1.54, 1.807) is 12.5 Å². The Bertz CT molecular complexity index is 930. The van der Waals surface area contributed by atoms with E-state index in [9.17, 15) is 4.79 Å². The zero-order chi connectivity index (χ0) is 18.6. The molecule has 1 amide bonds. The normalized spacial score (nSPS) is 16.4. The van der Waals surface area contributed by atoms with Crippen LogP contribution in [0, 0.1) is 0 Å². The lowest BCUT2D eigenvalue weighted by Crippen LogP contribution is -2.32. The lowest BCUT2D eigenvalue weighted by molar-refractivity contribution is -0.131. The molecule has 0 bridgehead atoms. The molecule has 27 heavy (non-hydrogen) atoms. The first-order valence-corrected chi connectivity index (χ1v) is 9.05. The first-order valence-electron chi connectivity index (χ1n) is 9.05. The molecule has 0 aliphatic carbocycles. The highest BCUT2D eigenvalue weighted by atomic mass is 16.3. The number of aryl methyl sites for hydroxylation is 1. The van der Waals surface area contributed by atoms with Gasteiger partial charge in [-0.3, -0.25) is 4.79 Å². The number of hydrazone groups is 1. The van der Waals surface area contributed by atoms with Crippen LogP contribution in [0.15, 0.2) is 75.0 Å². The standard InChI is InChI=1S/C21H21N3O3/c1-2-15-7-3-4-8-16(15)22-14-21(25)24-18(20-10-6-12-27-20)13-17(23-24)19-9-5-11-26-19/h3-12,18,22H,2,13-14H2,1H3. The Kier molecular flexibility index (Phi) is 4.78. The summed E-state index contributed by atoms with van der Waals surface area (Å²) in [5, 5.41) is 9.27. The van der Waals surface area contributed by atoms with E-state index in [1.165, 1.54) is 10.6 Å². The number of nitrogens with zero attached hydrogens (tertiary/aromatic N) is 2. The molecule has 0 fully saturated rings. The Morgan fingerprint density at radius 1 is 1.15 bits per heavy atom. The van der Waals surface area contributed by atoms with Gasteiger partial charge in [-0.2, -0.15) is 5.10 Å². The van der Waals surface area contributed by atoms with E-state index in [0.29, 0.717) is 17.9 Å². The van der Waals surface area contributed by atoms with E-state index in [-0.39, 0.29) is 18.5 Å². The molecule has 1 N–H and O–H groups in total. The number of rotatable bonds is 6. The number of carbonyl (C=O) groups excluding carboxylic acids is 1. The van der Waals surface area contributed by atoms with Gasteiger partial charge in [0, 0.05) is 12.1 Å². The highest BCUT2D eigenvalue weighted by Gasteiger charge is 2.35. The summed E-state index contributed by atoms with van der Waals surface area (Å²) >= 11 is 0. The Morgan fingerprint density at radius 3 is 2.70 bits per heavy atom. The minimum absolute atomic E-state index is 0.121. The summed E-state index contributed by atoms with van der Waals surface area (Å²) in [4.78, 5) is 12.9. The average molecular weight is 363 g/mol. The molecular weight excluding hydrogens is 342 g/mol. The fourth-order valence-electron chi connectivity index (χ4n) is 3.29. The van der Waals surface area contributed by atoms with Gasteiger partial charge < -0.3 is 14.2 Å². The van der Waals surface area contributed by atoms with Crippen LogP contribution in [0.5, 0.6) is 0 Å². The minimum Gasteiger partial charge on any atom is -0.467 e. The summed E-state index contributed by atoms with van der Waals surface area (Å²) in [6.07, 6.45) is 4.67. The maximum atomic E-state index is 12.9. The number of nitrogens with one attached hydrogen (secondary N) is 1. The van der Waals surface area contributed by atoms with Crippen LogP contribution in [0.2, 0.25) is 0 Å². The Morgan fingerprint density at radius 2 is 1.96 bits per heavy atom. The van der Waals surface area contributed by atoms with Gasteiger partial charge in [0.15, 0.2) is 0 Å². The van der Waals surface area contributed by atoms with Crippen LogP contribution >= 0.6 is 0 Å². The molecule has 2 aromatic heterocycles. The Labute approximate surface area is 157 Å². The predicted octanol–water partition coefficient (Wildman–Crippen LogP) is 4.22. The number of amides is 1. The van der Waals surface area contributed by atoms with Crippen LogP contribution < -0.4 is 5.32 Å². The van der Waals surface area contributed by atoms with Crippen LogP contribution in [0.3, 0.4) is 0 Å². The highest BCUT2D eigenvalue weighted by molar-refractivity contribution is 6.01. The van der Waals surface area contributed by atoms with E-state index in [4.69, 9.17) is 8.83 Å². The van der Waals surface area contributed by atoms with E-state index in [1.807, 2.05) is 42.5 Å². The van der Waals surface area contributed by atoms with Crippen molar-refractivity contribution in [1.82, 2.24) is 5.01 Å². The third kappa shape index (κ3) is 3.51. The monoisotopic (exact) mass is 363 g/mol. The second kappa shape index (κ2) is 7.53. The molecule has 0 radical (unpaired) electrons. The molecule has 6 heteroatoms. The first kappa shape index (κ1) is 17.1. The molecule has 0 saturated heterocycles. The predicted molar refractivity (Wildman–Crippen MR) is 102 cm³/mol. The molecule has 1 unspecified atom stereocenters. The van der Waals surface area contributed by atoms with Crippen molar-refractivity contribution in [2.45, 2.75) is 25.8 Å². The molecule has 1 aliphatic heterocycles. The van der Waals surface area contributed by atoms with E-state index in [2.05, 4.69) is 23.4 Å². The summed E-state index contributed by atoms with van der Waals surface area (Å²) in [5.74, 6) is 1.26. The van der Waals surface area contributed by atoms with Crippen LogP contribution in [-0.2, 0) is 11.2 Å². The van der Waals surface area contributed by atoms with E-state index < -0.39 is 0 Å². The fraction of sp³-hybridized carbons (Fsp3) is 0.238. The van der Waals surface area contributed by atoms with Gasteiger partial charge in [-0.05, 0) is 42.3 Å². The number of para-hydroxylation sites is 1. The van der Waals surface area contributed by atoms with Crippen molar-refractivity contribution in [2.24, 2.45) is 5.10 Å². The van der Waals surface area contributed by atoms with Gasteiger partial charge in [-0.25, -0.2) is 5.01 Å². The number of hydrogen-bond acceptors (Lipinski definition) is 5. The largest absolute Gasteiger partial charge is 0.467 e. The van der Waals surface area contributed by atoms with E-state index in [0.717, 1.165) is 17.8 Å². The number of furan rings is 2. The Hall–Kier alpha value is -3.28. The second-order valence-electron chi connectivity index (χ2n) is 6.36. The topological polar surface area (TPSA) is 71.0 Å². The Balaban J connectivity index is 1.54. The molecule has 138 valence electrons. The zero-order valence-corrected chi connectivity index (χ0v) is 15.1. The van der Waals surface area contributed by atoms with Gasteiger partial charge in [0.2, 0.25) is 0 Å². The number of carbonyl (C=O) groups is 1. The van der Waals surface area contributed by atoms with Crippen LogP contribution in [0.1, 0.15) is 36.5 Å². The lowest BCUT2D eigenvalue weighted by Gasteiger charge is -2.20. The van der Waals surface area contributed by atoms with Gasteiger partial charge in [0.1, 0.15) is 23.3 Å². The van der Waals surface area contributed by atoms with Crippen LogP contribution in [0.25, 0.3) is 0 Å². The third-order valence-corrected chi connectivity index (χ3v) is 4.67. The number of hydrogen-bond donors (Lipinski definition) is 1. The van der Waals surface area contributed by atoms with Crippen molar-refractivity contribution < 1.29 is 13.6 Å². The first-order chi connectivity index (χ1) is 13.3. The molecule has 0 spiro atoms. The van der Waals surface area contributed by atoms with E-state index >= 15 is 0 Å². The lowest BCUT2D eigenvalue weighted by atomic mass is 10.1.